The number of amides is 1. The molecule has 0 radical (unpaired) electrons. The van der Waals surface area contributed by atoms with Gasteiger partial charge in [0.05, 0.1) is 17.0 Å². The number of carbonyl (C=O) groups is 1. The van der Waals surface area contributed by atoms with Gasteiger partial charge in [-0.1, -0.05) is 86.1 Å². The number of benzene rings is 3. The standard InChI is InChI=1S/C26H17Br2N3OS/c27-19-8-6-18(7-9-19)24-14-22(17-4-2-1-3-5-17)23(15-29)26(31-24)33-16-25(32)30-21-12-10-20(28)11-13-21/h1-14H,16H2,(H,30,32). The van der Waals surface area contributed by atoms with Gasteiger partial charge in [0.25, 0.3) is 0 Å². The van der Waals surface area contributed by atoms with E-state index >= 15 is 0 Å². The first kappa shape index (κ1) is 23.2. The average Bonchev–Trinajstić information content (AvgIpc) is 2.84. The van der Waals surface area contributed by atoms with Gasteiger partial charge in [0, 0.05) is 25.8 Å². The molecule has 0 aliphatic carbocycles. The van der Waals surface area contributed by atoms with E-state index in [9.17, 15) is 10.1 Å². The van der Waals surface area contributed by atoms with Crippen molar-refractivity contribution in [2.45, 2.75) is 5.03 Å². The van der Waals surface area contributed by atoms with Gasteiger partial charge in [0.1, 0.15) is 11.1 Å². The molecule has 33 heavy (non-hydrogen) atoms. The highest BCUT2D eigenvalue weighted by Gasteiger charge is 2.17. The van der Waals surface area contributed by atoms with Gasteiger partial charge >= 0.3 is 0 Å². The van der Waals surface area contributed by atoms with Crippen molar-refractivity contribution >= 4 is 55.2 Å². The number of nitrogens with zero attached hydrogens (tertiary/aromatic N) is 2. The van der Waals surface area contributed by atoms with Gasteiger partial charge in [-0.3, -0.25) is 4.79 Å². The van der Waals surface area contributed by atoms with E-state index < -0.39 is 0 Å². The SMILES string of the molecule is N#Cc1c(-c2ccccc2)cc(-c2ccc(Br)cc2)nc1SCC(=O)Nc1ccc(Br)cc1. The third-order valence-corrected chi connectivity index (χ3v) is 6.82. The summed E-state index contributed by atoms with van der Waals surface area (Å²) in [5.74, 6) is -0.0289. The van der Waals surface area contributed by atoms with Crippen LogP contribution in [0, 0.1) is 11.3 Å². The van der Waals surface area contributed by atoms with Gasteiger partial charge < -0.3 is 5.32 Å². The van der Waals surface area contributed by atoms with Crippen molar-refractivity contribution in [3.8, 4) is 28.5 Å². The maximum Gasteiger partial charge on any atom is 0.234 e. The number of pyridine rings is 1. The third-order valence-electron chi connectivity index (χ3n) is 4.79. The molecular weight excluding hydrogens is 562 g/mol. The summed E-state index contributed by atoms with van der Waals surface area (Å²) in [6.45, 7) is 0. The molecule has 1 aromatic heterocycles. The van der Waals surface area contributed by atoms with Gasteiger partial charge in [0.2, 0.25) is 5.91 Å². The number of thioether (sulfide) groups is 1. The number of nitrogens with one attached hydrogen (secondary N) is 1. The minimum Gasteiger partial charge on any atom is -0.325 e. The average molecular weight is 579 g/mol. The van der Waals surface area contributed by atoms with Crippen LogP contribution in [0.3, 0.4) is 0 Å². The van der Waals surface area contributed by atoms with Crippen molar-refractivity contribution in [3.05, 3.63) is 99.4 Å². The lowest BCUT2D eigenvalue weighted by Gasteiger charge is -2.13. The predicted molar refractivity (Wildman–Crippen MR) is 141 cm³/mol. The topological polar surface area (TPSA) is 65.8 Å². The lowest BCUT2D eigenvalue weighted by atomic mass is 9.99. The highest BCUT2D eigenvalue weighted by molar-refractivity contribution is 9.10. The molecule has 1 N–H and O–H groups in total. The van der Waals surface area contributed by atoms with E-state index in [1.54, 1.807) is 0 Å². The highest BCUT2D eigenvalue weighted by atomic mass is 79.9. The second-order valence-corrected chi connectivity index (χ2v) is 9.86. The van der Waals surface area contributed by atoms with Crippen LogP contribution in [0.15, 0.2) is 98.9 Å². The summed E-state index contributed by atoms with van der Waals surface area (Å²) in [6, 6.07) is 29.2. The monoisotopic (exact) mass is 577 g/mol. The van der Waals surface area contributed by atoms with E-state index in [1.165, 1.54) is 11.8 Å². The van der Waals surface area contributed by atoms with E-state index in [0.717, 1.165) is 31.3 Å². The van der Waals surface area contributed by atoms with Crippen molar-refractivity contribution in [2.75, 3.05) is 11.1 Å². The second-order valence-electron chi connectivity index (χ2n) is 7.06. The molecule has 3 aromatic carbocycles. The summed E-state index contributed by atoms with van der Waals surface area (Å²) in [7, 11) is 0. The molecule has 1 heterocycles. The Morgan fingerprint density at radius 3 is 2.18 bits per heavy atom. The first-order valence-corrected chi connectivity index (χ1v) is 12.6. The molecule has 4 aromatic rings. The minimum absolute atomic E-state index is 0.135. The van der Waals surface area contributed by atoms with Crippen LogP contribution in [0.4, 0.5) is 5.69 Å². The molecule has 0 fully saturated rings. The molecule has 0 bridgehead atoms. The lowest BCUT2D eigenvalue weighted by Crippen LogP contribution is -2.14. The van der Waals surface area contributed by atoms with Crippen LogP contribution in [-0.2, 0) is 4.79 Å². The molecule has 0 aliphatic rings. The summed E-state index contributed by atoms with van der Waals surface area (Å²) >= 11 is 8.11. The van der Waals surface area contributed by atoms with Crippen molar-refractivity contribution in [3.63, 3.8) is 0 Å². The molecule has 1 amide bonds. The van der Waals surface area contributed by atoms with Crippen LogP contribution in [0.5, 0.6) is 0 Å². The Hall–Kier alpha value is -2.92. The normalized spacial score (nSPS) is 10.5. The molecular formula is C26H17Br2N3OS. The zero-order chi connectivity index (χ0) is 23.2. The fraction of sp³-hybridized carbons (Fsp3) is 0.0385. The van der Waals surface area contributed by atoms with E-state index in [2.05, 4.69) is 43.2 Å². The van der Waals surface area contributed by atoms with Crippen molar-refractivity contribution in [2.24, 2.45) is 0 Å². The van der Waals surface area contributed by atoms with E-state index in [0.29, 0.717) is 16.3 Å². The molecule has 0 atom stereocenters. The summed E-state index contributed by atoms with van der Waals surface area (Å²) < 4.78 is 1.92. The number of rotatable bonds is 6. The Kier molecular flexibility index (Phi) is 7.61. The van der Waals surface area contributed by atoms with Crippen LogP contribution in [0.1, 0.15) is 5.56 Å². The number of aromatic nitrogens is 1. The molecule has 4 nitrogen and oxygen atoms in total. The molecule has 0 aliphatic heterocycles. The number of halogens is 2. The fourth-order valence-electron chi connectivity index (χ4n) is 3.21. The van der Waals surface area contributed by atoms with Crippen LogP contribution in [0.25, 0.3) is 22.4 Å². The molecule has 0 saturated carbocycles. The van der Waals surface area contributed by atoms with Crippen molar-refractivity contribution < 1.29 is 4.79 Å². The van der Waals surface area contributed by atoms with Gasteiger partial charge in [-0.25, -0.2) is 4.98 Å². The molecule has 162 valence electrons. The maximum absolute atomic E-state index is 12.6. The minimum atomic E-state index is -0.164. The molecule has 7 heteroatoms. The largest absolute Gasteiger partial charge is 0.325 e. The van der Waals surface area contributed by atoms with Crippen molar-refractivity contribution in [1.82, 2.24) is 4.98 Å². The third kappa shape index (κ3) is 5.91. The van der Waals surface area contributed by atoms with E-state index in [4.69, 9.17) is 4.98 Å². The van der Waals surface area contributed by atoms with Crippen LogP contribution in [-0.4, -0.2) is 16.6 Å². The zero-order valence-corrected chi connectivity index (χ0v) is 21.2. The van der Waals surface area contributed by atoms with Crippen LogP contribution in [0.2, 0.25) is 0 Å². The van der Waals surface area contributed by atoms with Gasteiger partial charge in [-0.15, -0.1) is 0 Å². The van der Waals surface area contributed by atoms with Crippen LogP contribution < -0.4 is 5.32 Å². The van der Waals surface area contributed by atoms with Crippen molar-refractivity contribution in [1.29, 1.82) is 5.26 Å². The number of carbonyl (C=O) groups excluding carboxylic acids is 1. The Balaban J connectivity index is 1.67. The zero-order valence-electron chi connectivity index (χ0n) is 17.3. The molecule has 0 spiro atoms. The number of nitriles is 1. The lowest BCUT2D eigenvalue weighted by molar-refractivity contribution is -0.113. The molecule has 4 rings (SSSR count). The maximum atomic E-state index is 12.6. The highest BCUT2D eigenvalue weighted by Crippen LogP contribution is 2.34. The smallest absolute Gasteiger partial charge is 0.234 e. The second kappa shape index (κ2) is 10.8. The predicted octanol–water partition coefficient (Wildman–Crippen LogP) is 7.54. The summed E-state index contributed by atoms with van der Waals surface area (Å²) in [6.07, 6.45) is 0. The fourth-order valence-corrected chi connectivity index (χ4v) is 4.54. The Labute approximate surface area is 213 Å². The number of hydrogen-bond acceptors (Lipinski definition) is 4. The number of anilines is 1. The summed E-state index contributed by atoms with van der Waals surface area (Å²) in [4.78, 5) is 17.3. The summed E-state index contributed by atoms with van der Waals surface area (Å²) in [5.41, 5.74) is 4.57. The number of hydrogen-bond donors (Lipinski definition) is 1. The van der Waals surface area contributed by atoms with E-state index in [-0.39, 0.29) is 11.7 Å². The Morgan fingerprint density at radius 1 is 0.909 bits per heavy atom. The van der Waals surface area contributed by atoms with Crippen LogP contribution >= 0.6 is 43.6 Å². The summed E-state index contributed by atoms with van der Waals surface area (Å²) in [5, 5.41) is 13.4. The van der Waals surface area contributed by atoms with Gasteiger partial charge in [-0.05, 0) is 48.0 Å². The molecule has 0 unspecified atom stereocenters. The quantitative estimate of drug-likeness (QED) is 0.240. The Bertz CT molecular complexity index is 1320. The first-order chi connectivity index (χ1) is 16.0. The van der Waals surface area contributed by atoms with Gasteiger partial charge in [-0.2, -0.15) is 5.26 Å². The first-order valence-electron chi connectivity index (χ1n) is 9.98. The Morgan fingerprint density at radius 2 is 1.55 bits per heavy atom. The van der Waals surface area contributed by atoms with E-state index in [1.807, 2.05) is 84.9 Å². The van der Waals surface area contributed by atoms with Gasteiger partial charge in [0.15, 0.2) is 0 Å². The molecule has 0 saturated heterocycles.